The molecule has 6 nitrogen and oxygen atoms in total. The average Bonchev–Trinajstić information content (AvgIpc) is 3.35. The number of ether oxygens (including phenoxy) is 1. The zero-order valence-electron chi connectivity index (χ0n) is 46.6. The van der Waals surface area contributed by atoms with Gasteiger partial charge in [0.1, 0.15) is 0 Å². The van der Waals surface area contributed by atoms with Crippen molar-refractivity contribution in [2.45, 2.75) is 353 Å². The average molecular weight is 973 g/mol. The summed E-state index contributed by atoms with van der Waals surface area (Å²) >= 11 is 0. The molecule has 0 saturated carbocycles. The van der Waals surface area contributed by atoms with Crippen LogP contribution in [-0.2, 0) is 14.3 Å². The number of amides is 1. The van der Waals surface area contributed by atoms with Crippen molar-refractivity contribution in [2.75, 3.05) is 13.2 Å². The van der Waals surface area contributed by atoms with Gasteiger partial charge in [-0.15, -0.1) is 0 Å². The molecular formula is C63H121NO5. The van der Waals surface area contributed by atoms with E-state index in [1.165, 1.54) is 263 Å². The molecule has 0 heterocycles. The van der Waals surface area contributed by atoms with Gasteiger partial charge in [-0.2, -0.15) is 0 Å². The molecule has 2 unspecified atom stereocenters. The van der Waals surface area contributed by atoms with Crippen LogP contribution in [0.2, 0.25) is 0 Å². The molecule has 0 aliphatic rings. The summed E-state index contributed by atoms with van der Waals surface area (Å²) in [5.41, 5.74) is 0. The van der Waals surface area contributed by atoms with Crippen molar-refractivity contribution >= 4 is 11.9 Å². The molecule has 0 radical (unpaired) electrons. The number of carbonyl (C=O) groups excluding carboxylic acids is 2. The normalized spacial score (nSPS) is 12.7. The highest BCUT2D eigenvalue weighted by molar-refractivity contribution is 5.76. The number of unbranched alkanes of at least 4 members (excludes halogenated alkanes) is 43. The Hall–Kier alpha value is -1.66. The van der Waals surface area contributed by atoms with E-state index in [-0.39, 0.29) is 18.5 Å². The summed E-state index contributed by atoms with van der Waals surface area (Å²) in [5.74, 6) is -0.0323. The highest BCUT2D eigenvalue weighted by Gasteiger charge is 2.20. The van der Waals surface area contributed by atoms with E-state index in [1.54, 1.807) is 0 Å². The second-order valence-corrected chi connectivity index (χ2v) is 21.4. The van der Waals surface area contributed by atoms with Crippen molar-refractivity contribution in [3.05, 3.63) is 24.3 Å². The second kappa shape index (κ2) is 58.9. The van der Waals surface area contributed by atoms with E-state index in [0.29, 0.717) is 25.9 Å². The quantitative estimate of drug-likeness (QED) is 0.0321. The van der Waals surface area contributed by atoms with Gasteiger partial charge < -0.3 is 20.3 Å². The number of hydrogen-bond acceptors (Lipinski definition) is 5. The van der Waals surface area contributed by atoms with E-state index < -0.39 is 12.1 Å². The molecule has 0 aromatic carbocycles. The summed E-state index contributed by atoms with van der Waals surface area (Å²) in [5, 5.41) is 23.2. The van der Waals surface area contributed by atoms with E-state index in [0.717, 1.165) is 44.9 Å². The number of aliphatic hydroxyl groups is 2. The lowest BCUT2D eigenvalue weighted by Crippen LogP contribution is -2.45. The summed E-state index contributed by atoms with van der Waals surface area (Å²) in [4.78, 5) is 24.5. The fraction of sp³-hybridized carbons (Fsp3) is 0.905. The van der Waals surface area contributed by atoms with Crippen molar-refractivity contribution in [1.29, 1.82) is 0 Å². The lowest BCUT2D eigenvalue weighted by Gasteiger charge is -2.22. The third-order valence-corrected chi connectivity index (χ3v) is 14.5. The maximum atomic E-state index is 12.4. The van der Waals surface area contributed by atoms with E-state index in [1.807, 2.05) is 0 Å². The first-order chi connectivity index (χ1) is 34.0. The van der Waals surface area contributed by atoms with Crippen LogP contribution in [0.5, 0.6) is 0 Å². The Balaban J connectivity index is 3.38. The van der Waals surface area contributed by atoms with Crippen LogP contribution in [0.1, 0.15) is 341 Å². The molecule has 0 fully saturated rings. The van der Waals surface area contributed by atoms with Gasteiger partial charge in [0.15, 0.2) is 0 Å². The van der Waals surface area contributed by atoms with E-state index in [4.69, 9.17) is 4.74 Å². The van der Waals surface area contributed by atoms with Crippen LogP contribution in [0, 0.1) is 0 Å². The van der Waals surface area contributed by atoms with E-state index in [9.17, 15) is 19.8 Å². The molecule has 0 saturated heterocycles. The summed E-state index contributed by atoms with van der Waals surface area (Å²) in [6.07, 6.45) is 71.9. The molecule has 408 valence electrons. The third kappa shape index (κ3) is 55.5. The largest absolute Gasteiger partial charge is 0.466 e. The maximum Gasteiger partial charge on any atom is 0.305 e. The molecular weight excluding hydrogens is 851 g/mol. The summed E-state index contributed by atoms with van der Waals surface area (Å²) in [6, 6.07) is -0.545. The first-order valence-electron chi connectivity index (χ1n) is 31.1. The second-order valence-electron chi connectivity index (χ2n) is 21.4. The van der Waals surface area contributed by atoms with Gasteiger partial charge in [-0.05, 0) is 77.0 Å². The molecule has 0 bridgehead atoms. The van der Waals surface area contributed by atoms with E-state index in [2.05, 4.69) is 43.5 Å². The summed E-state index contributed by atoms with van der Waals surface area (Å²) < 4.78 is 5.50. The van der Waals surface area contributed by atoms with Gasteiger partial charge >= 0.3 is 5.97 Å². The van der Waals surface area contributed by atoms with Crippen molar-refractivity contribution in [3.8, 4) is 0 Å². The van der Waals surface area contributed by atoms with Gasteiger partial charge in [0.25, 0.3) is 0 Å². The summed E-state index contributed by atoms with van der Waals surface area (Å²) in [7, 11) is 0. The minimum absolute atomic E-state index is 0.00982. The minimum atomic E-state index is -0.667. The molecule has 0 aromatic rings. The first-order valence-corrected chi connectivity index (χ1v) is 31.1. The molecule has 3 N–H and O–H groups in total. The fourth-order valence-electron chi connectivity index (χ4n) is 9.69. The van der Waals surface area contributed by atoms with Gasteiger partial charge in [-0.1, -0.05) is 276 Å². The molecule has 1 amide bonds. The van der Waals surface area contributed by atoms with Crippen LogP contribution in [0.4, 0.5) is 0 Å². The van der Waals surface area contributed by atoms with Crippen LogP contribution in [-0.4, -0.2) is 47.4 Å². The number of allylic oxidation sites excluding steroid dienone is 4. The molecule has 69 heavy (non-hydrogen) atoms. The molecule has 0 aliphatic heterocycles. The standard InChI is InChI=1S/C63H121NO5/c1-3-5-7-9-11-13-15-16-17-18-23-27-30-33-37-41-45-49-53-57-63(68)69-58-54-50-46-42-38-34-31-28-25-22-20-19-21-24-26-29-32-36-40-44-48-52-56-62(67)64-60(59-65)61(66)55-51-47-43-39-35-14-12-10-8-6-4-2/h16-17,21,24,60-61,65-66H,3-15,18-20,22-23,25-59H2,1-2H3,(H,64,67)/b17-16-,24-21-. The van der Waals surface area contributed by atoms with Crippen molar-refractivity contribution in [1.82, 2.24) is 5.32 Å². The highest BCUT2D eigenvalue weighted by atomic mass is 16.5. The molecule has 0 aliphatic carbocycles. The number of rotatable bonds is 58. The van der Waals surface area contributed by atoms with Crippen LogP contribution in [0.3, 0.4) is 0 Å². The lowest BCUT2D eigenvalue weighted by atomic mass is 10.0. The van der Waals surface area contributed by atoms with E-state index >= 15 is 0 Å². The van der Waals surface area contributed by atoms with Crippen molar-refractivity contribution < 1.29 is 24.5 Å². The highest BCUT2D eigenvalue weighted by Crippen LogP contribution is 2.17. The number of esters is 1. The minimum Gasteiger partial charge on any atom is -0.466 e. The first kappa shape index (κ1) is 67.3. The van der Waals surface area contributed by atoms with Gasteiger partial charge in [0.2, 0.25) is 5.91 Å². The van der Waals surface area contributed by atoms with Crippen LogP contribution < -0.4 is 5.32 Å². The van der Waals surface area contributed by atoms with Gasteiger partial charge in [0.05, 0.1) is 25.4 Å². The van der Waals surface area contributed by atoms with Crippen LogP contribution >= 0.6 is 0 Å². The number of nitrogens with one attached hydrogen (secondary N) is 1. The van der Waals surface area contributed by atoms with Crippen molar-refractivity contribution in [2.24, 2.45) is 0 Å². The topological polar surface area (TPSA) is 95.9 Å². The zero-order valence-corrected chi connectivity index (χ0v) is 46.6. The fourth-order valence-corrected chi connectivity index (χ4v) is 9.69. The maximum absolute atomic E-state index is 12.4. The molecule has 2 atom stereocenters. The Morgan fingerprint density at radius 3 is 1.03 bits per heavy atom. The molecule has 6 heteroatoms. The van der Waals surface area contributed by atoms with Crippen molar-refractivity contribution in [3.63, 3.8) is 0 Å². The number of hydrogen-bond donors (Lipinski definition) is 3. The molecule has 0 spiro atoms. The van der Waals surface area contributed by atoms with Crippen LogP contribution in [0.25, 0.3) is 0 Å². The zero-order chi connectivity index (χ0) is 50.0. The molecule has 0 aromatic heterocycles. The predicted molar refractivity (Wildman–Crippen MR) is 301 cm³/mol. The van der Waals surface area contributed by atoms with Gasteiger partial charge in [0, 0.05) is 12.8 Å². The third-order valence-electron chi connectivity index (χ3n) is 14.5. The Kier molecular flexibility index (Phi) is 57.5. The monoisotopic (exact) mass is 972 g/mol. The Bertz CT molecular complexity index is 1080. The van der Waals surface area contributed by atoms with Gasteiger partial charge in [-0.3, -0.25) is 9.59 Å². The summed E-state index contributed by atoms with van der Waals surface area (Å²) in [6.45, 7) is 4.95. The number of aliphatic hydroxyl groups excluding tert-OH is 2. The predicted octanol–water partition coefficient (Wildman–Crippen LogP) is 19.4. The van der Waals surface area contributed by atoms with Crippen LogP contribution in [0.15, 0.2) is 24.3 Å². The SMILES string of the molecule is CCCCCCCC/C=C\CCCCCCCCCCCC(=O)OCCCCCCCCCCCCC/C=C\CCCCCCCCCC(=O)NC(CO)C(O)CCCCCCCCCCCCC. The Labute approximate surface area is 431 Å². The number of carbonyl (C=O) groups is 2. The Morgan fingerprint density at radius 2 is 0.681 bits per heavy atom. The van der Waals surface area contributed by atoms with Gasteiger partial charge in [-0.25, -0.2) is 0 Å². The lowest BCUT2D eigenvalue weighted by molar-refractivity contribution is -0.143. The smallest absolute Gasteiger partial charge is 0.305 e. The molecule has 0 rings (SSSR count). The Morgan fingerprint density at radius 1 is 0.391 bits per heavy atom.